The third-order valence-electron chi connectivity index (χ3n) is 6.93. The predicted octanol–water partition coefficient (Wildman–Crippen LogP) is 17.1. The molecule has 9 nitrogen and oxygen atoms in total. The Morgan fingerprint density at radius 3 is 0.559 bits per heavy atom. The molecule has 6 rings (SSSR count). The Bertz CT molecular complexity index is 2290. The van der Waals surface area contributed by atoms with E-state index in [1.807, 2.05) is 72.8 Å². The summed E-state index contributed by atoms with van der Waals surface area (Å²) in [6.07, 6.45) is 0. The van der Waals surface area contributed by atoms with Crippen molar-refractivity contribution < 1.29 is 62.3 Å². The standard InChI is InChI=1S/2C18H9Br6O.2Cr.7O/c2*19-13-4-1-10(7-16(13)22)25(11-2-5-14(20)17(23)8-11)12-3-6-15(21)18(24)9-12;;;;;;;;;/h2*1-9H;;;;;;;;;/q2*+1;;;;;;;;2*-1. The first-order valence-electron chi connectivity index (χ1n) is 15.3. The molecule has 0 saturated carbocycles. The van der Waals surface area contributed by atoms with Gasteiger partial charge in [-0.25, -0.2) is 0 Å². The van der Waals surface area contributed by atoms with E-state index >= 15 is 0 Å². The molecule has 0 atom stereocenters. The second kappa shape index (κ2) is 23.3. The van der Waals surface area contributed by atoms with Crippen molar-refractivity contribution in [1.29, 1.82) is 0 Å². The zero-order chi connectivity index (χ0) is 44.0. The summed E-state index contributed by atoms with van der Waals surface area (Å²) in [5, 5.41) is 0. The van der Waals surface area contributed by atoms with Gasteiger partial charge in [-0.15, -0.1) is 0 Å². The van der Waals surface area contributed by atoms with Crippen LogP contribution in [0.25, 0.3) is 0 Å². The molecule has 0 bridgehead atoms. The van der Waals surface area contributed by atoms with Crippen LogP contribution >= 0.6 is 191 Å². The molecular formula is C36H18Br12Cr2O9. The monoisotopic (exact) mass is 1640 g/mol. The minimum absolute atomic E-state index is 0.971. The second-order valence-corrected chi connectivity index (χ2v) is 24.8. The van der Waals surface area contributed by atoms with Gasteiger partial charge in [-0.2, -0.15) is 0 Å². The van der Waals surface area contributed by atoms with Gasteiger partial charge in [0.05, 0.1) is 0 Å². The third-order valence-corrected chi connectivity index (χ3v) is 20.9. The first-order chi connectivity index (χ1) is 27.4. The van der Waals surface area contributed by atoms with Gasteiger partial charge in [-0.05, 0) is 228 Å². The maximum atomic E-state index is 9.38. The topological polar surface area (TPSA) is 129 Å². The summed E-state index contributed by atoms with van der Waals surface area (Å²) in [7, 11) is 0. The van der Waals surface area contributed by atoms with Crippen LogP contribution < -0.4 is 17.1 Å². The molecule has 0 amide bonds. The molecular weight excluding hydrogens is 1640 g/mol. The van der Waals surface area contributed by atoms with Gasteiger partial charge in [-0.3, -0.25) is 0 Å². The Hall–Kier alpha value is 0.825. The normalized spacial score (nSPS) is 11.2. The fraction of sp³-hybridized carbons (Fsp3) is 0. The fourth-order valence-corrected chi connectivity index (χ4v) is 9.80. The van der Waals surface area contributed by atoms with E-state index in [4.69, 9.17) is 0 Å². The summed E-state index contributed by atoms with van der Waals surface area (Å²) >= 11 is 30.6. The molecule has 0 aromatic heterocycles. The van der Waals surface area contributed by atoms with Crippen LogP contribution in [0.5, 0.6) is 34.5 Å². The van der Waals surface area contributed by atoms with E-state index in [2.05, 4.69) is 239 Å². The number of rotatable bonds is 8. The molecule has 0 saturated heterocycles. The number of benzene rings is 6. The predicted molar refractivity (Wildman–Crippen MR) is 254 cm³/mol. The zero-order valence-corrected chi connectivity index (χ0v) is 50.0. The SMILES string of the molecule is Brc1ccc([O+](c2ccc(Br)c(Br)c2)c2ccc(Br)c(Br)c2)cc1Br.Brc1ccc([O+](c2ccc(Br)c(Br)c2)c2ccc(Br)c(Br)c2)cc1Br.[O]=[Cr](=[O])([O-])[O][Cr](=[O])(=[O])[O-]. The van der Waals surface area contributed by atoms with Crippen LogP contribution in [-0.2, 0) is 45.3 Å². The van der Waals surface area contributed by atoms with Crippen LogP contribution in [0.3, 0.4) is 0 Å². The number of halogens is 12. The van der Waals surface area contributed by atoms with E-state index in [0.29, 0.717) is 0 Å². The Morgan fingerprint density at radius 1 is 0.305 bits per heavy atom. The van der Waals surface area contributed by atoms with Gasteiger partial charge in [0.25, 0.3) is 34.5 Å². The van der Waals surface area contributed by atoms with Gasteiger partial charge < -0.3 is 8.73 Å². The third kappa shape index (κ3) is 16.0. The molecule has 23 heteroatoms. The molecule has 0 fully saturated rings. The van der Waals surface area contributed by atoms with E-state index < -0.39 is 27.2 Å². The Labute approximate surface area is 444 Å². The second-order valence-electron chi connectivity index (χ2n) is 11.0. The molecule has 0 heterocycles. The van der Waals surface area contributed by atoms with Crippen molar-refractivity contribution in [1.82, 2.24) is 0 Å². The summed E-state index contributed by atoms with van der Waals surface area (Å²) in [5.41, 5.74) is 0. The van der Waals surface area contributed by atoms with Gasteiger partial charge in [0.1, 0.15) is 0 Å². The van der Waals surface area contributed by atoms with Gasteiger partial charge in [-0.1, -0.05) is 0 Å². The van der Waals surface area contributed by atoms with Crippen molar-refractivity contribution in [2.24, 2.45) is 0 Å². The molecule has 0 unspecified atom stereocenters. The van der Waals surface area contributed by atoms with Gasteiger partial charge in [0.2, 0.25) is 0 Å². The molecule has 0 aliphatic heterocycles. The average Bonchev–Trinajstić information content (AvgIpc) is 3.13. The quantitative estimate of drug-likeness (QED) is 0.139. The summed E-state index contributed by atoms with van der Waals surface area (Å²) in [6, 6.07) is 36.7. The van der Waals surface area contributed by atoms with Crippen LogP contribution in [0.2, 0.25) is 0 Å². The molecule has 59 heavy (non-hydrogen) atoms. The van der Waals surface area contributed by atoms with Gasteiger partial charge in [0, 0.05) is 126 Å². The van der Waals surface area contributed by atoms with Crippen molar-refractivity contribution in [3.63, 3.8) is 0 Å². The van der Waals surface area contributed by atoms with Crippen LogP contribution in [0.1, 0.15) is 0 Å². The van der Waals surface area contributed by atoms with Crippen molar-refractivity contribution in [2.45, 2.75) is 0 Å². The number of hydrogen-bond donors (Lipinski definition) is 0. The molecule has 0 aliphatic carbocycles. The van der Waals surface area contributed by atoms with E-state index in [1.54, 1.807) is 0 Å². The molecule has 0 spiro atoms. The first-order valence-corrected chi connectivity index (χ1v) is 28.9. The van der Waals surface area contributed by atoms with Crippen molar-refractivity contribution in [3.8, 4) is 34.5 Å². The summed E-state index contributed by atoms with van der Waals surface area (Å²) in [6.45, 7) is 0. The van der Waals surface area contributed by atoms with Gasteiger partial charge >= 0.3 is 53.6 Å². The minimum atomic E-state index is -6.07. The molecule has 0 N–H and O–H groups in total. The summed E-state index contributed by atoms with van der Waals surface area (Å²) in [5.74, 6) is 5.83. The summed E-state index contributed by atoms with van der Waals surface area (Å²) < 4.78 is 77.3. The maximum absolute atomic E-state index is 9.38. The van der Waals surface area contributed by atoms with Crippen LogP contribution in [-0.4, -0.2) is 0 Å². The van der Waals surface area contributed by atoms with Crippen molar-refractivity contribution in [2.75, 3.05) is 0 Å². The number of hydrogen-bond acceptors (Lipinski definition) is 7. The Balaban J connectivity index is 0.000000217. The molecule has 0 aliphatic rings. The van der Waals surface area contributed by atoms with Crippen LogP contribution in [0, 0.1) is 0 Å². The van der Waals surface area contributed by atoms with Gasteiger partial charge in [0.15, 0.2) is 0 Å². The van der Waals surface area contributed by atoms with E-state index in [1.165, 1.54) is 0 Å². The zero-order valence-electron chi connectivity index (χ0n) is 28.4. The first kappa shape index (κ1) is 52.4. The van der Waals surface area contributed by atoms with Crippen LogP contribution in [0.4, 0.5) is 0 Å². The Morgan fingerprint density at radius 2 is 0.458 bits per heavy atom. The van der Waals surface area contributed by atoms with Crippen LogP contribution in [0.15, 0.2) is 163 Å². The van der Waals surface area contributed by atoms with E-state index in [-0.39, 0.29) is 0 Å². The average molecular weight is 1660 g/mol. The molecule has 6 aromatic rings. The molecule has 0 radical (unpaired) electrons. The fourth-order valence-electron chi connectivity index (χ4n) is 4.54. The molecule has 6 aromatic carbocycles. The summed E-state index contributed by atoms with van der Waals surface area (Å²) in [4.78, 5) is 0. The van der Waals surface area contributed by atoms with E-state index in [9.17, 15) is 23.5 Å². The molecule has 312 valence electrons. The van der Waals surface area contributed by atoms with E-state index in [0.717, 1.165) is 88.2 Å². The van der Waals surface area contributed by atoms with Crippen molar-refractivity contribution in [3.05, 3.63) is 163 Å². The Kier molecular flexibility index (Phi) is 20.7. The van der Waals surface area contributed by atoms with Crippen molar-refractivity contribution >= 4 is 191 Å².